The summed E-state index contributed by atoms with van der Waals surface area (Å²) in [5.41, 5.74) is 2.56. The Morgan fingerprint density at radius 1 is 1.00 bits per heavy atom. The SMILES string of the molecule is CCCCCCNC(=O)NCCCn1c(-c2ccc(OC(F)(F)F)cc2)csc1=NCc1ccc(Cl)cc1. The standard InChI is InChI=1S/C27H32ClF3N4O2S/c1-2-3-4-5-15-32-25(36)33-16-6-17-35-24(21-9-13-23(14-10-21)37-27(29,30)31)19-38-26(35)34-18-20-7-11-22(28)12-8-20/h7-14,19H,2-6,15-18H2,1H3,(H2,32,33,36). The highest BCUT2D eigenvalue weighted by Gasteiger charge is 2.31. The maximum absolute atomic E-state index is 12.5. The Hall–Kier alpha value is -2.98. The summed E-state index contributed by atoms with van der Waals surface area (Å²) >= 11 is 7.42. The summed E-state index contributed by atoms with van der Waals surface area (Å²) in [5, 5.41) is 8.33. The molecule has 1 aromatic heterocycles. The van der Waals surface area contributed by atoms with Crippen LogP contribution >= 0.6 is 22.9 Å². The smallest absolute Gasteiger partial charge is 0.406 e. The molecule has 3 aromatic rings. The van der Waals surface area contributed by atoms with Gasteiger partial charge in [-0.3, -0.25) is 4.99 Å². The van der Waals surface area contributed by atoms with Gasteiger partial charge in [-0.25, -0.2) is 4.79 Å². The van der Waals surface area contributed by atoms with Crippen LogP contribution in [-0.2, 0) is 13.1 Å². The predicted octanol–water partition coefficient (Wildman–Crippen LogP) is 7.14. The molecule has 0 fully saturated rings. The van der Waals surface area contributed by atoms with Crippen molar-refractivity contribution < 1.29 is 22.7 Å². The Labute approximate surface area is 229 Å². The van der Waals surface area contributed by atoms with Crippen LogP contribution in [-0.4, -0.2) is 30.1 Å². The number of halogens is 4. The maximum atomic E-state index is 12.5. The summed E-state index contributed by atoms with van der Waals surface area (Å²) in [6.07, 6.45) is 0.268. The summed E-state index contributed by atoms with van der Waals surface area (Å²) < 4.78 is 43.7. The molecule has 3 rings (SSSR count). The van der Waals surface area contributed by atoms with E-state index in [1.807, 2.05) is 34.2 Å². The first-order valence-corrected chi connectivity index (χ1v) is 13.8. The lowest BCUT2D eigenvalue weighted by Gasteiger charge is -2.12. The highest BCUT2D eigenvalue weighted by molar-refractivity contribution is 7.07. The van der Waals surface area contributed by atoms with Crippen molar-refractivity contribution in [3.63, 3.8) is 0 Å². The van der Waals surface area contributed by atoms with Gasteiger partial charge in [0.25, 0.3) is 0 Å². The highest BCUT2D eigenvalue weighted by Crippen LogP contribution is 2.27. The Morgan fingerprint density at radius 3 is 2.34 bits per heavy atom. The van der Waals surface area contributed by atoms with Crippen LogP contribution in [0.15, 0.2) is 58.9 Å². The fraction of sp³-hybridized carbons (Fsp3) is 0.407. The third-order valence-corrected chi connectivity index (χ3v) is 6.80. The van der Waals surface area contributed by atoms with Crippen molar-refractivity contribution in [2.24, 2.45) is 4.99 Å². The first-order valence-electron chi connectivity index (χ1n) is 12.6. The molecule has 11 heteroatoms. The lowest BCUT2D eigenvalue weighted by Crippen LogP contribution is -2.37. The molecule has 0 saturated carbocycles. The van der Waals surface area contributed by atoms with E-state index in [1.54, 1.807) is 12.1 Å². The largest absolute Gasteiger partial charge is 0.573 e. The minimum atomic E-state index is -4.74. The normalized spacial score (nSPS) is 12.0. The number of nitrogens with one attached hydrogen (secondary N) is 2. The van der Waals surface area contributed by atoms with Gasteiger partial charge in [0, 0.05) is 30.0 Å². The first kappa shape index (κ1) is 29.6. The van der Waals surface area contributed by atoms with Crippen LogP contribution in [0.3, 0.4) is 0 Å². The Kier molecular flexibility index (Phi) is 11.5. The number of nitrogens with zero attached hydrogens (tertiary/aromatic N) is 2. The molecule has 0 aliphatic rings. The van der Waals surface area contributed by atoms with Crippen LogP contribution in [0.5, 0.6) is 5.75 Å². The van der Waals surface area contributed by atoms with Gasteiger partial charge in [-0.2, -0.15) is 0 Å². The number of unbranched alkanes of at least 4 members (excludes halogenated alkanes) is 3. The zero-order chi connectivity index (χ0) is 27.4. The predicted molar refractivity (Wildman–Crippen MR) is 145 cm³/mol. The van der Waals surface area contributed by atoms with E-state index in [-0.39, 0.29) is 11.8 Å². The Bertz CT molecular complexity index is 1210. The molecule has 0 atom stereocenters. The maximum Gasteiger partial charge on any atom is 0.573 e. The van der Waals surface area contributed by atoms with E-state index >= 15 is 0 Å². The summed E-state index contributed by atoms with van der Waals surface area (Å²) in [7, 11) is 0. The fourth-order valence-corrected chi connectivity index (χ4v) is 4.80. The first-order chi connectivity index (χ1) is 18.2. The second-order valence-corrected chi connectivity index (χ2v) is 9.94. The zero-order valence-electron chi connectivity index (χ0n) is 21.2. The van der Waals surface area contributed by atoms with Crippen LogP contribution in [0.2, 0.25) is 5.02 Å². The minimum absolute atomic E-state index is 0.190. The van der Waals surface area contributed by atoms with E-state index < -0.39 is 6.36 Å². The van der Waals surface area contributed by atoms with Gasteiger partial charge in [0.15, 0.2) is 4.80 Å². The quantitative estimate of drug-likeness (QED) is 0.215. The molecule has 0 saturated heterocycles. The monoisotopic (exact) mass is 568 g/mol. The van der Waals surface area contributed by atoms with Gasteiger partial charge in [0.1, 0.15) is 5.75 Å². The number of alkyl halides is 3. The Balaban J connectivity index is 1.69. The van der Waals surface area contributed by atoms with Crippen molar-refractivity contribution in [2.45, 2.75) is 58.5 Å². The average molecular weight is 569 g/mol. The molecule has 38 heavy (non-hydrogen) atoms. The second kappa shape index (κ2) is 14.8. The number of ether oxygens (including phenoxy) is 1. The van der Waals surface area contributed by atoms with Crippen molar-refractivity contribution in [1.82, 2.24) is 15.2 Å². The van der Waals surface area contributed by atoms with Crippen molar-refractivity contribution in [1.29, 1.82) is 0 Å². The molecule has 0 aliphatic carbocycles. The van der Waals surface area contributed by atoms with Gasteiger partial charge >= 0.3 is 12.4 Å². The molecule has 0 aliphatic heterocycles. The van der Waals surface area contributed by atoms with Gasteiger partial charge in [-0.15, -0.1) is 24.5 Å². The number of aromatic nitrogens is 1. The molecule has 0 spiro atoms. The minimum Gasteiger partial charge on any atom is -0.406 e. The number of hydrogen-bond donors (Lipinski definition) is 2. The molecule has 206 valence electrons. The number of benzene rings is 2. The van der Waals surface area contributed by atoms with E-state index in [2.05, 4.69) is 22.3 Å². The fourth-order valence-electron chi connectivity index (χ4n) is 3.73. The molecular weight excluding hydrogens is 537 g/mol. The van der Waals surface area contributed by atoms with Crippen molar-refractivity contribution in [2.75, 3.05) is 13.1 Å². The summed E-state index contributed by atoms with van der Waals surface area (Å²) in [5.74, 6) is -0.277. The summed E-state index contributed by atoms with van der Waals surface area (Å²) in [6, 6.07) is 13.0. The lowest BCUT2D eigenvalue weighted by atomic mass is 10.1. The van der Waals surface area contributed by atoms with Crippen LogP contribution in [0.25, 0.3) is 11.3 Å². The molecular formula is C27H32ClF3N4O2S. The van der Waals surface area contributed by atoms with Crippen molar-refractivity contribution in [3.8, 4) is 17.0 Å². The molecule has 6 nitrogen and oxygen atoms in total. The van der Waals surface area contributed by atoms with E-state index in [0.717, 1.165) is 47.3 Å². The topological polar surface area (TPSA) is 67.7 Å². The Morgan fingerprint density at radius 2 is 1.68 bits per heavy atom. The van der Waals surface area contributed by atoms with Crippen LogP contribution in [0, 0.1) is 0 Å². The number of carbonyl (C=O) groups excluding carboxylic acids is 1. The van der Waals surface area contributed by atoms with Crippen LogP contribution < -0.4 is 20.2 Å². The van der Waals surface area contributed by atoms with Crippen molar-refractivity contribution in [3.05, 3.63) is 69.3 Å². The molecule has 0 bridgehead atoms. The zero-order valence-corrected chi connectivity index (χ0v) is 22.8. The molecule has 0 unspecified atom stereocenters. The highest BCUT2D eigenvalue weighted by atomic mass is 35.5. The van der Waals surface area contributed by atoms with Gasteiger partial charge in [0.2, 0.25) is 0 Å². The number of thiazole rings is 1. The van der Waals surface area contributed by atoms with Gasteiger partial charge in [-0.05, 0) is 60.4 Å². The van der Waals surface area contributed by atoms with Crippen LogP contribution in [0.1, 0.15) is 44.6 Å². The number of urea groups is 1. The number of hydrogen-bond acceptors (Lipinski definition) is 4. The summed E-state index contributed by atoms with van der Waals surface area (Å²) in [4.78, 5) is 17.6. The second-order valence-electron chi connectivity index (χ2n) is 8.67. The molecule has 0 radical (unpaired) electrons. The lowest BCUT2D eigenvalue weighted by molar-refractivity contribution is -0.274. The number of rotatable bonds is 13. The van der Waals surface area contributed by atoms with E-state index in [1.165, 1.54) is 23.5 Å². The molecule has 2 amide bonds. The van der Waals surface area contributed by atoms with Gasteiger partial charge in [0.05, 0.1) is 12.2 Å². The van der Waals surface area contributed by atoms with Gasteiger partial charge < -0.3 is 19.9 Å². The van der Waals surface area contributed by atoms with Crippen molar-refractivity contribution >= 4 is 29.0 Å². The van der Waals surface area contributed by atoms with Crippen LogP contribution in [0.4, 0.5) is 18.0 Å². The number of carbonyl (C=O) groups is 1. The molecule has 1 heterocycles. The van der Waals surface area contributed by atoms with E-state index in [0.29, 0.717) is 37.6 Å². The molecule has 2 N–H and O–H groups in total. The molecule has 2 aromatic carbocycles. The summed E-state index contributed by atoms with van der Waals surface area (Å²) in [6.45, 7) is 4.28. The van der Waals surface area contributed by atoms with Gasteiger partial charge in [-0.1, -0.05) is 49.9 Å². The third kappa shape index (κ3) is 10.1. The third-order valence-electron chi connectivity index (χ3n) is 5.65. The average Bonchev–Trinajstić information content (AvgIpc) is 3.28. The van der Waals surface area contributed by atoms with E-state index in [9.17, 15) is 18.0 Å². The number of amides is 2. The van der Waals surface area contributed by atoms with E-state index in [4.69, 9.17) is 16.6 Å².